The summed E-state index contributed by atoms with van der Waals surface area (Å²) in [6.45, 7) is 2.88. The summed E-state index contributed by atoms with van der Waals surface area (Å²) in [4.78, 5) is 2.17. The van der Waals surface area contributed by atoms with Gasteiger partial charge in [0.1, 0.15) is 0 Å². The highest BCUT2D eigenvalue weighted by Crippen LogP contribution is 2.28. The molecule has 2 heterocycles. The SMILES string of the molecule is CNS(=O)(=O)CC1CCCN1C(C)c1nnnn1C. The van der Waals surface area contributed by atoms with Crippen molar-refractivity contribution in [3.8, 4) is 0 Å². The molecule has 108 valence electrons. The summed E-state index contributed by atoms with van der Waals surface area (Å²) < 4.78 is 27.4. The Bertz CT molecular complexity index is 528. The van der Waals surface area contributed by atoms with Crippen LogP contribution in [-0.2, 0) is 17.1 Å². The van der Waals surface area contributed by atoms with Gasteiger partial charge < -0.3 is 0 Å². The van der Waals surface area contributed by atoms with Crippen molar-refractivity contribution in [1.29, 1.82) is 0 Å². The lowest BCUT2D eigenvalue weighted by Crippen LogP contribution is -2.40. The molecular weight excluding hydrogens is 268 g/mol. The molecule has 0 bridgehead atoms. The van der Waals surface area contributed by atoms with E-state index >= 15 is 0 Å². The molecular formula is C10H20N6O2S. The smallest absolute Gasteiger partial charge is 0.212 e. The highest BCUT2D eigenvalue weighted by Gasteiger charge is 2.34. The van der Waals surface area contributed by atoms with E-state index in [9.17, 15) is 8.42 Å². The summed E-state index contributed by atoms with van der Waals surface area (Å²) in [6.07, 6.45) is 1.88. The lowest BCUT2D eigenvalue weighted by molar-refractivity contribution is 0.194. The Morgan fingerprint density at radius 1 is 1.53 bits per heavy atom. The number of rotatable bonds is 5. The number of nitrogens with zero attached hydrogens (tertiary/aromatic N) is 5. The standard InChI is InChI=1S/C10H20N6O2S/c1-8(10-12-13-14-15(10)3)16-6-4-5-9(16)7-19(17,18)11-2/h8-9,11H,4-7H2,1-3H3. The summed E-state index contributed by atoms with van der Waals surface area (Å²) in [7, 11) is 0.0435. The Morgan fingerprint density at radius 2 is 2.26 bits per heavy atom. The normalized spacial score (nSPS) is 22.8. The fourth-order valence-electron chi connectivity index (χ4n) is 2.62. The molecule has 0 amide bonds. The molecule has 2 atom stereocenters. The first-order chi connectivity index (χ1) is 8.94. The van der Waals surface area contributed by atoms with Crippen molar-refractivity contribution in [3.05, 3.63) is 5.82 Å². The number of likely N-dealkylation sites (tertiary alicyclic amines) is 1. The molecule has 1 N–H and O–H groups in total. The van der Waals surface area contributed by atoms with Gasteiger partial charge in [-0.1, -0.05) is 0 Å². The lowest BCUT2D eigenvalue weighted by atomic mass is 10.2. The third-order valence-corrected chi connectivity index (χ3v) is 5.12. The average Bonchev–Trinajstić information content (AvgIpc) is 2.97. The Hall–Kier alpha value is -1.06. The van der Waals surface area contributed by atoms with Crippen LogP contribution in [0.4, 0.5) is 0 Å². The van der Waals surface area contributed by atoms with Gasteiger partial charge in [0.2, 0.25) is 10.0 Å². The molecule has 0 spiro atoms. The maximum absolute atomic E-state index is 11.7. The number of sulfonamides is 1. The molecule has 9 heteroatoms. The number of nitrogens with one attached hydrogen (secondary N) is 1. The second kappa shape index (κ2) is 5.51. The van der Waals surface area contributed by atoms with E-state index in [2.05, 4.69) is 25.1 Å². The number of hydrogen-bond acceptors (Lipinski definition) is 6. The third kappa shape index (κ3) is 3.10. The van der Waals surface area contributed by atoms with Crippen molar-refractivity contribution in [3.63, 3.8) is 0 Å². The van der Waals surface area contributed by atoms with E-state index < -0.39 is 10.0 Å². The van der Waals surface area contributed by atoms with Crippen LogP contribution >= 0.6 is 0 Å². The predicted molar refractivity (Wildman–Crippen MR) is 69.8 cm³/mol. The molecule has 8 nitrogen and oxygen atoms in total. The fraction of sp³-hybridized carbons (Fsp3) is 0.900. The molecule has 0 aliphatic carbocycles. The monoisotopic (exact) mass is 288 g/mol. The van der Waals surface area contributed by atoms with E-state index in [0.29, 0.717) is 0 Å². The maximum atomic E-state index is 11.7. The minimum Gasteiger partial charge on any atom is -0.290 e. The first kappa shape index (κ1) is 14.4. The Labute approximate surface area is 113 Å². The molecule has 19 heavy (non-hydrogen) atoms. The summed E-state index contributed by atoms with van der Waals surface area (Å²) in [5.41, 5.74) is 0. The van der Waals surface area contributed by atoms with Crippen LogP contribution in [0.25, 0.3) is 0 Å². The van der Waals surface area contributed by atoms with Crippen molar-refractivity contribution < 1.29 is 8.42 Å². The van der Waals surface area contributed by atoms with Gasteiger partial charge in [-0.3, -0.25) is 4.90 Å². The summed E-state index contributed by atoms with van der Waals surface area (Å²) in [5.74, 6) is 0.882. The maximum Gasteiger partial charge on any atom is 0.212 e. The van der Waals surface area contributed by atoms with Gasteiger partial charge in [-0.15, -0.1) is 5.10 Å². The number of hydrogen-bond donors (Lipinski definition) is 1. The summed E-state index contributed by atoms with van der Waals surface area (Å²) in [5, 5.41) is 11.5. The Kier molecular flexibility index (Phi) is 4.16. The van der Waals surface area contributed by atoms with Gasteiger partial charge >= 0.3 is 0 Å². The van der Waals surface area contributed by atoms with E-state index in [0.717, 1.165) is 25.2 Å². The highest BCUT2D eigenvalue weighted by atomic mass is 32.2. The van der Waals surface area contributed by atoms with Crippen LogP contribution in [0, 0.1) is 0 Å². The molecule has 2 rings (SSSR count). The van der Waals surface area contributed by atoms with Crippen LogP contribution in [0.2, 0.25) is 0 Å². The molecule has 1 aromatic rings. The minimum atomic E-state index is -3.20. The second-order valence-corrected chi connectivity index (χ2v) is 6.83. The lowest BCUT2D eigenvalue weighted by Gasteiger charge is -2.29. The molecule has 0 radical (unpaired) electrons. The molecule has 1 fully saturated rings. The topological polar surface area (TPSA) is 93.0 Å². The van der Waals surface area contributed by atoms with Crippen LogP contribution in [0.5, 0.6) is 0 Å². The Morgan fingerprint density at radius 3 is 2.84 bits per heavy atom. The highest BCUT2D eigenvalue weighted by molar-refractivity contribution is 7.89. The van der Waals surface area contributed by atoms with Gasteiger partial charge in [-0.25, -0.2) is 17.8 Å². The van der Waals surface area contributed by atoms with Gasteiger partial charge in [0.25, 0.3) is 0 Å². The largest absolute Gasteiger partial charge is 0.290 e. The van der Waals surface area contributed by atoms with Crippen LogP contribution in [0.3, 0.4) is 0 Å². The zero-order chi connectivity index (χ0) is 14.0. The van der Waals surface area contributed by atoms with E-state index in [4.69, 9.17) is 0 Å². The Balaban J connectivity index is 2.13. The van der Waals surface area contributed by atoms with E-state index in [-0.39, 0.29) is 17.8 Å². The molecule has 0 saturated carbocycles. The first-order valence-electron chi connectivity index (χ1n) is 6.34. The van der Waals surface area contributed by atoms with E-state index in [1.54, 1.807) is 11.7 Å². The van der Waals surface area contributed by atoms with Crippen LogP contribution < -0.4 is 4.72 Å². The van der Waals surface area contributed by atoms with Crippen LogP contribution in [-0.4, -0.2) is 58.9 Å². The molecule has 1 aliphatic rings. The van der Waals surface area contributed by atoms with Crippen LogP contribution in [0.1, 0.15) is 31.6 Å². The van der Waals surface area contributed by atoms with E-state index in [1.165, 1.54) is 7.05 Å². The molecule has 2 unspecified atom stereocenters. The van der Waals surface area contributed by atoms with Crippen molar-refractivity contribution in [1.82, 2.24) is 29.8 Å². The molecule has 0 aromatic carbocycles. The van der Waals surface area contributed by atoms with Crippen molar-refractivity contribution in [2.45, 2.75) is 31.8 Å². The van der Waals surface area contributed by atoms with Gasteiger partial charge in [-0.2, -0.15) is 0 Å². The van der Waals surface area contributed by atoms with Gasteiger partial charge in [0.05, 0.1) is 11.8 Å². The number of aryl methyl sites for hydroxylation is 1. The summed E-state index contributed by atoms with van der Waals surface area (Å²) in [6, 6.07) is 0.0312. The second-order valence-electron chi connectivity index (χ2n) is 4.86. The minimum absolute atomic E-state index is 0.0135. The predicted octanol–water partition coefficient (Wildman–Crippen LogP) is -0.715. The van der Waals surface area contributed by atoms with Crippen molar-refractivity contribution in [2.75, 3.05) is 19.3 Å². The van der Waals surface area contributed by atoms with Gasteiger partial charge in [0.15, 0.2) is 5.82 Å². The molecule has 1 aliphatic heterocycles. The third-order valence-electron chi connectivity index (χ3n) is 3.67. The average molecular weight is 288 g/mol. The first-order valence-corrected chi connectivity index (χ1v) is 7.99. The van der Waals surface area contributed by atoms with Crippen molar-refractivity contribution >= 4 is 10.0 Å². The van der Waals surface area contributed by atoms with Gasteiger partial charge in [-0.05, 0) is 43.8 Å². The quantitative estimate of drug-likeness (QED) is 0.769. The number of aromatic nitrogens is 4. The van der Waals surface area contributed by atoms with Crippen molar-refractivity contribution in [2.24, 2.45) is 7.05 Å². The van der Waals surface area contributed by atoms with Crippen LogP contribution in [0.15, 0.2) is 0 Å². The molecule has 1 aromatic heterocycles. The molecule has 1 saturated heterocycles. The fourth-order valence-corrected chi connectivity index (χ4v) is 3.65. The number of tetrazole rings is 1. The summed E-state index contributed by atoms with van der Waals surface area (Å²) >= 11 is 0. The zero-order valence-electron chi connectivity index (χ0n) is 11.4. The van der Waals surface area contributed by atoms with E-state index in [1.807, 2.05) is 6.92 Å². The zero-order valence-corrected chi connectivity index (χ0v) is 12.3. The van der Waals surface area contributed by atoms with Gasteiger partial charge in [0, 0.05) is 13.1 Å².